The fraction of sp³-hybridized carbons (Fsp3) is 0.269. The Morgan fingerprint density at radius 1 is 0.912 bits per heavy atom. The maximum Gasteiger partial charge on any atom is 0.165 e. The molecule has 0 radical (unpaired) electrons. The second-order valence-corrected chi connectivity index (χ2v) is 7.95. The Balaban J connectivity index is 1.66. The third-order valence-electron chi connectivity index (χ3n) is 5.92. The topological polar surface area (TPSA) is 89.8 Å². The van der Waals surface area contributed by atoms with Gasteiger partial charge in [-0.05, 0) is 42.5 Å². The van der Waals surface area contributed by atoms with Gasteiger partial charge in [-0.2, -0.15) is 0 Å². The maximum absolute atomic E-state index is 9.73. The van der Waals surface area contributed by atoms with Crippen molar-refractivity contribution in [1.82, 2.24) is 15.0 Å². The number of methoxy groups -OCH3 is 2. The number of nitrogens with zero attached hydrogens (tertiary/aromatic N) is 4. The Hall–Kier alpha value is -3.75. The zero-order chi connectivity index (χ0) is 23.5. The largest absolute Gasteiger partial charge is 0.497 e. The van der Waals surface area contributed by atoms with Gasteiger partial charge in [0.25, 0.3) is 0 Å². The van der Waals surface area contributed by atoms with Gasteiger partial charge in [0, 0.05) is 29.8 Å². The first-order chi connectivity index (χ1) is 16.7. The number of benzene rings is 2. The molecule has 1 saturated heterocycles. The van der Waals surface area contributed by atoms with Crippen molar-refractivity contribution in [2.24, 2.45) is 0 Å². The van der Waals surface area contributed by atoms with Crippen LogP contribution in [0.5, 0.6) is 11.5 Å². The minimum Gasteiger partial charge on any atom is -0.497 e. The average molecular weight is 459 g/mol. The van der Waals surface area contributed by atoms with Gasteiger partial charge in [0.15, 0.2) is 11.5 Å². The predicted molar refractivity (Wildman–Crippen MR) is 130 cm³/mol. The highest BCUT2D eigenvalue weighted by molar-refractivity contribution is 5.90. The van der Waals surface area contributed by atoms with E-state index in [0.29, 0.717) is 36.0 Å². The van der Waals surface area contributed by atoms with E-state index in [1.165, 1.54) is 0 Å². The summed E-state index contributed by atoms with van der Waals surface area (Å²) in [4.78, 5) is 16.9. The number of anilines is 1. The van der Waals surface area contributed by atoms with E-state index in [0.717, 1.165) is 46.9 Å². The van der Waals surface area contributed by atoms with Crippen LogP contribution in [-0.2, 0) is 11.3 Å². The van der Waals surface area contributed by atoms with Crippen molar-refractivity contribution in [1.29, 1.82) is 0 Å². The van der Waals surface area contributed by atoms with Crippen LogP contribution in [0, 0.1) is 0 Å². The molecule has 1 aliphatic rings. The Labute approximate surface area is 197 Å². The van der Waals surface area contributed by atoms with Crippen LogP contribution in [0.4, 0.5) is 5.82 Å². The van der Waals surface area contributed by atoms with Gasteiger partial charge in [-0.1, -0.05) is 12.1 Å². The molecular formula is C26H26N4O4. The molecule has 3 heterocycles. The second-order valence-electron chi connectivity index (χ2n) is 7.95. The van der Waals surface area contributed by atoms with Crippen LogP contribution in [0.25, 0.3) is 33.7 Å². The minimum absolute atomic E-state index is 0.117. The number of aromatic nitrogens is 3. The Bertz CT molecular complexity index is 1320. The van der Waals surface area contributed by atoms with Crippen LogP contribution >= 0.6 is 0 Å². The molecule has 1 aliphatic heterocycles. The molecule has 8 heteroatoms. The molecule has 34 heavy (non-hydrogen) atoms. The van der Waals surface area contributed by atoms with E-state index in [9.17, 15) is 5.11 Å². The maximum atomic E-state index is 9.73. The smallest absolute Gasteiger partial charge is 0.165 e. The Morgan fingerprint density at radius 3 is 2.53 bits per heavy atom. The number of fused-ring (bicyclic) bond motifs is 1. The fourth-order valence-corrected chi connectivity index (χ4v) is 4.12. The van der Waals surface area contributed by atoms with Gasteiger partial charge in [-0.15, -0.1) is 0 Å². The van der Waals surface area contributed by atoms with Crippen molar-refractivity contribution in [3.63, 3.8) is 0 Å². The zero-order valence-corrected chi connectivity index (χ0v) is 19.2. The van der Waals surface area contributed by atoms with E-state index in [-0.39, 0.29) is 6.61 Å². The van der Waals surface area contributed by atoms with Crippen molar-refractivity contribution in [2.45, 2.75) is 6.61 Å². The average Bonchev–Trinajstić information content (AvgIpc) is 2.92. The summed E-state index contributed by atoms with van der Waals surface area (Å²) in [7, 11) is 3.23. The first-order valence-corrected chi connectivity index (χ1v) is 11.1. The van der Waals surface area contributed by atoms with Gasteiger partial charge in [0.05, 0.1) is 45.1 Å². The van der Waals surface area contributed by atoms with E-state index in [4.69, 9.17) is 29.2 Å². The van der Waals surface area contributed by atoms with Crippen LogP contribution in [0.3, 0.4) is 0 Å². The number of ether oxygens (including phenoxy) is 3. The lowest BCUT2D eigenvalue weighted by atomic mass is 10.1. The summed E-state index contributed by atoms with van der Waals surface area (Å²) in [5.74, 6) is 2.81. The summed E-state index contributed by atoms with van der Waals surface area (Å²) in [5, 5.41) is 10.6. The zero-order valence-electron chi connectivity index (χ0n) is 19.2. The number of rotatable bonds is 6. The van der Waals surface area contributed by atoms with Crippen molar-refractivity contribution < 1.29 is 19.3 Å². The van der Waals surface area contributed by atoms with E-state index in [1.54, 1.807) is 14.2 Å². The Morgan fingerprint density at radius 2 is 1.76 bits per heavy atom. The van der Waals surface area contributed by atoms with Crippen LogP contribution in [0.15, 0.2) is 54.6 Å². The SMILES string of the molecule is COc1cccc(-c2nc(N3CCOCC3)c3ccc(-c4ccc(OC)c(CO)c4)nc3n2)c1. The van der Waals surface area contributed by atoms with E-state index < -0.39 is 0 Å². The molecule has 0 amide bonds. The Kier molecular flexibility index (Phi) is 6.24. The third-order valence-corrected chi connectivity index (χ3v) is 5.92. The number of pyridine rings is 1. The quantitative estimate of drug-likeness (QED) is 0.468. The summed E-state index contributed by atoms with van der Waals surface area (Å²) < 4.78 is 16.3. The number of aliphatic hydroxyl groups excluding tert-OH is 1. The molecule has 4 aromatic rings. The van der Waals surface area contributed by atoms with Gasteiger partial charge in [-0.3, -0.25) is 0 Å². The molecule has 2 aromatic carbocycles. The number of morpholine rings is 1. The molecule has 0 saturated carbocycles. The summed E-state index contributed by atoms with van der Waals surface area (Å²) in [6, 6.07) is 17.3. The normalized spacial score (nSPS) is 13.8. The molecule has 2 aromatic heterocycles. The van der Waals surface area contributed by atoms with E-state index >= 15 is 0 Å². The highest BCUT2D eigenvalue weighted by Gasteiger charge is 2.19. The molecule has 1 fully saturated rings. The second kappa shape index (κ2) is 9.62. The monoisotopic (exact) mass is 458 g/mol. The van der Waals surface area contributed by atoms with Gasteiger partial charge in [0.2, 0.25) is 0 Å². The highest BCUT2D eigenvalue weighted by atomic mass is 16.5. The molecule has 5 rings (SSSR count). The van der Waals surface area contributed by atoms with E-state index in [2.05, 4.69) is 4.90 Å². The van der Waals surface area contributed by atoms with Crippen LogP contribution < -0.4 is 14.4 Å². The summed E-state index contributed by atoms with van der Waals surface area (Å²) in [6.45, 7) is 2.70. The van der Waals surface area contributed by atoms with Gasteiger partial charge in [0.1, 0.15) is 17.3 Å². The lowest BCUT2D eigenvalue weighted by molar-refractivity contribution is 0.122. The van der Waals surface area contributed by atoms with Crippen molar-refractivity contribution in [2.75, 3.05) is 45.4 Å². The van der Waals surface area contributed by atoms with Crippen molar-refractivity contribution in [3.05, 3.63) is 60.2 Å². The van der Waals surface area contributed by atoms with Gasteiger partial charge < -0.3 is 24.2 Å². The van der Waals surface area contributed by atoms with Gasteiger partial charge in [-0.25, -0.2) is 15.0 Å². The van der Waals surface area contributed by atoms with Crippen LogP contribution in [-0.4, -0.2) is 60.6 Å². The standard InChI is InChI=1S/C26H26N4O4/c1-32-20-5-3-4-18(15-20)24-28-25-21(26(29-24)30-10-12-34-13-11-30)7-8-22(27-25)17-6-9-23(33-2)19(14-17)16-31/h3-9,14-15,31H,10-13,16H2,1-2H3. The van der Waals surface area contributed by atoms with Gasteiger partial charge >= 0.3 is 0 Å². The molecule has 8 nitrogen and oxygen atoms in total. The predicted octanol–water partition coefficient (Wildman–Crippen LogP) is 3.70. The minimum atomic E-state index is -0.117. The lowest BCUT2D eigenvalue weighted by Gasteiger charge is -2.29. The number of hydrogen-bond donors (Lipinski definition) is 1. The van der Waals surface area contributed by atoms with Crippen molar-refractivity contribution in [3.8, 4) is 34.1 Å². The summed E-state index contributed by atoms with van der Waals surface area (Å²) in [5.41, 5.74) is 3.80. The fourth-order valence-electron chi connectivity index (χ4n) is 4.12. The first-order valence-electron chi connectivity index (χ1n) is 11.1. The third kappa shape index (κ3) is 4.25. The first kappa shape index (κ1) is 22.1. The summed E-state index contributed by atoms with van der Waals surface area (Å²) >= 11 is 0. The molecular weight excluding hydrogens is 432 g/mol. The van der Waals surface area contributed by atoms with E-state index in [1.807, 2.05) is 54.6 Å². The molecule has 0 aliphatic carbocycles. The molecule has 1 N–H and O–H groups in total. The molecule has 174 valence electrons. The molecule has 0 atom stereocenters. The molecule has 0 spiro atoms. The number of aliphatic hydroxyl groups is 1. The number of hydrogen-bond acceptors (Lipinski definition) is 8. The molecule has 0 bridgehead atoms. The lowest BCUT2D eigenvalue weighted by Crippen LogP contribution is -2.37. The highest BCUT2D eigenvalue weighted by Crippen LogP contribution is 2.32. The van der Waals surface area contributed by atoms with Crippen molar-refractivity contribution >= 4 is 16.9 Å². The van der Waals surface area contributed by atoms with Crippen LogP contribution in [0.1, 0.15) is 5.56 Å². The van der Waals surface area contributed by atoms with Crippen LogP contribution in [0.2, 0.25) is 0 Å². The summed E-state index contributed by atoms with van der Waals surface area (Å²) in [6.07, 6.45) is 0. The molecule has 0 unspecified atom stereocenters.